The minimum atomic E-state index is -3.74. The van der Waals surface area contributed by atoms with Gasteiger partial charge in [0.2, 0.25) is 0 Å². The Morgan fingerprint density at radius 3 is 2.71 bits per heavy atom. The maximum Gasteiger partial charge on any atom is 0.263 e. The number of sulfonamides is 1. The quantitative estimate of drug-likeness (QED) is 0.727. The maximum absolute atomic E-state index is 13.0. The van der Waals surface area contributed by atoms with Gasteiger partial charge in [-0.25, -0.2) is 12.8 Å². The largest absolute Gasteiger partial charge is 0.397 e. The first-order valence-corrected chi connectivity index (χ1v) is 6.18. The lowest BCUT2D eigenvalue weighted by Crippen LogP contribution is -2.13. The van der Waals surface area contributed by atoms with Crippen LogP contribution in [0.5, 0.6) is 0 Å². The first-order chi connectivity index (χ1) is 7.99. The first kappa shape index (κ1) is 11.5. The summed E-state index contributed by atoms with van der Waals surface area (Å²) < 4.78 is 38.8. The van der Waals surface area contributed by atoms with E-state index in [9.17, 15) is 12.8 Å². The maximum atomic E-state index is 13.0. The van der Waals surface area contributed by atoms with Gasteiger partial charge in [0, 0.05) is 18.5 Å². The summed E-state index contributed by atoms with van der Waals surface area (Å²) in [4.78, 5) is 2.68. The highest BCUT2D eigenvalue weighted by molar-refractivity contribution is 7.92. The molecule has 5 nitrogen and oxygen atoms in total. The molecule has 0 aliphatic rings. The second-order valence-corrected chi connectivity index (χ2v) is 5.07. The third-order valence-corrected chi connectivity index (χ3v) is 3.50. The van der Waals surface area contributed by atoms with Crippen molar-refractivity contribution in [2.24, 2.45) is 0 Å². The van der Waals surface area contributed by atoms with Crippen LogP contribution < -0.4 is 10.5 Å². The van der Waals surface area contributed by atoms with Crippen LogP contribution in [0, 0.1) is 5.82 Å². The molecule has 0 bridgehead atoms. The van der Waals surface area contributed by atoms with E-state index in [1.807, 2.05) is 0 Å². The van der Waals surface area contributed by atoms with Crippen LogP contribution in [0.1, 0.15) is 0 Å². The van der Waals surface area contributed by atoms with Crippen LogP contribution in [0.15, 0.2) is 41.6 Å². The molecule has 0 atom stereocenters. The van der Waals surface area contributed by atoms with Crippen molar-refractivity contribution in [2.75, 3.05) is 10.5 Å². The average Bonchev–Trinajstić information content (AvgIpc) is 2.77. The number of nitrogen functional groups attached to an aromatic ring is 1. The van der Waals surface area contributed by atoms with Crippen molar-refractivity contribution in [2.45, 2.75) is 4.90 Å². The molecule has 0 unspecified atom stereocenters. The number of H-pyrrole nitrogens is 1. The van der Waals surface area contributed by atoms with Crippen LogP contribution in [0.3, 0.4) is 0 Å². The van der Waals surface area contributed by atoms with Gasteiger partial charge in [-0.15, -0.1) is 0 Å². The summed E-state index contributed by atoms with van der Waals surface area (Å²) in [5, 5.41) is 0. The van der Waals surface area contributed by atoms with Crippen LogP contribution in [-0.2, 0) is 10.0 Å². The molecule has 1 aromatic carbocycles. The second-order valence-electron chi connectivity index (χ2n) is 3.38. The molecular formula is C10H10FN3O2S. The first-order valence-electron chi connectivity index (χ1n) is 4.70. The molecule has 0 fully saturated rings. The van der Waals surface area contributed by atoms with Gasteiger partial charge < -0.3 is 10.7 Å². The Kier molecular flexibility index (Phi) is 2.76. The lowest BCUT2D eigenvalue weighted by molar-refractivity contribution is 0.601. The lowest BCUT2D eigenvalue weighted by Gasteiger charge is -2.08. The summed E-state index contributed by atoms with van der Waals surface area (Å²) in [6.07, 6.45) is 2.79. The number of aromatic amines is 1. The van der Waals surface area contributed by atoms with Gasteiger partial charge in [-0.1, -0.05) is 0 Å². The van der Waals surface area contributed by atoms with Crippen molar-refractivity contribution in [1.82, 2.24) is 4.98 Å². The zero-order chi connectivity index (χ0) is 12.5. The molecule has 0 aliphatic carbocycles. The Bertz CT molecular complexity index is 623. The van der Waals surface area contributed by atoms with E-state index in [1.54, 1.807) is 0 Å². The van der Waals surface area contributed by atoms with Gasteiger partial charge in [0.15, 0.2) is 0 Å². The van der Waals surface area contributed by atoms with Gasteiger partial charge >= 0.3 is 0 Å². The summed E-state index contributed by atoms with van der Waals surface area (Å²) in [6, 6.07) is 4.87. The van der Waals surface area contributed by atoms with Crippen LogP contribution in [-0.4, -0.2) is 13.4 Å². The zero-order valence-electron chi connectivity index (χ0n) is 8.64. The normalized spacial score (nSPS) is 11.4. The molecule has 0 saturated carbocycles. The Morgan fingerprint density at radius 1 is 1.29 bits per heavy atom. The van der Waals surface area contributed by atoms with E-state index in [0.717, 1.165) is 12.1 Å². The third kappa shape index (κ3) is 2.39. The Labute approximate surface area is 97.5 Å². The summed E-state index contributed by atoms with van der Waals surface area (Å²) in [6.45, 7) is 0. The number of benzene rings is 1. The average molecular weight is 255 g/mol. The fourth-order valence-electron chi connectivity index (χ4n) is 1.30. The molecule has 90 valence electrons. The van der Waals surface area contributed by atoms with Gasteiger partial charge in [-0.05, 0) is 18.2 Å². The number of nitrogens with two attached hydrogens (primary N) is 1. The van der Waals surface area contributed by atoms with Gasteiger partial charge in [-0.2, -0.15) is 0 Å². The predicted octanol–water partition coefficient (Wildman–Crippen LogP) is 1.54. The van der Waals surface area contributed by atoms with E-state index in [2.05, 4.69) is 9.71 Å². The Morgan fingerprint density at radius 2 is 2.06 bits per heavy atom. The third-order valence-electron chi connectivity index (χ3n) is 2.14. The van der Waals surface area contributed by atoms with Crippen LogP contribution >= 0.6 is 0 Å². The lowest BCUT2D eigenvalue weighted by atomic mass is 10.3. The monoisotopic (exact) mass is 255 g/mol. The molecule has 0 spiro atoms. The minimum Gasteiger partial charge on any atom is -0.397 e. The molecule has 1 aromatic heterocycles. The number of hydrogen-bond donors (Lipinski definition) is 3. The number of aromatic nitrogens is 1. The van der Waals surface area contributed by atoms with E-state index in [4.69, 9.17) is 5.73 Å². The molecule has 7 heteroatoms. The van der Waals surface area contributed by atoms with Crippen molar-refractivity contribution in [1.29, 1.82) is 0 Å². The fourth-order valence-corrected chi connectivity index (χ4v) is 2.35. The molecule has 0 saturated heterocycles. The summed E-state index contributed by atoms with van der Waals surface area (Å²) in [7, 11) is -3.74. The highest BCUT2D eigenvalue weighted by Crippen LogP contribution is 2.22. The van der Waals surface area contributed by atoms with Crippen LogP contribution in [0.25, 0.3) is 0 Å². The molecule has 17 heavy (non-hydrogen) atoms. The number of hydrogen-bond acceptors (Lipinski definition) is 3. The summed E-state index contributed by atoms with van der Waals surface area (Å²) >= 11 is 0. The number of halogens is 1. The van der Waals surface area contributed by atoms with E-state index >= 15 is 0 Å². The molecule has 4 N–H and O–H groups in total. The van der Waals surface area contributed by atoms with E-state index in [-0.39, 0.29) is 16.3 Å². The van der Waals surface area contributed by atoms with E-state index in [0.29, 0.717) is 0 Å². The topological polar surface area (TPSA) is 88.0 Å². The summed E-state index contributed by atoms with van der Waals surface area (Å²) in [5.41, 5.74) is 5.73. The van der Waals surface area contributed by atoms with Gasteiger partial charge in [-0.3, -0.25) is 4.72 Å². The highest BCUT2D eigenvalue weighted by atomic mass is 32.2. The molecule has 1 heterocycles. The van der Waals surface area contributed by atoms with Crippen molar-refractivity contribution in [3.05, 3.63) is 42.5 Å². The van der Waals surface area contributed by atoms with Gasteiger partial charge in [0.1, 0.15) is 10.7 Å². The van der Waals surface area contributed by atoms with Crippen LogP contribution in [0.2, 0.25) is 0 Å². The van der Waals surface area contributed by atoms with E-state index < -0.39 is 15.8 Å². The van der Waals surface area contributed by atoms with Gasteiger partial charge in [0.05, 0.1) is 11.4 Å². The molecular weight excluding hydrogens is 245 g/mol. The van der Waals surface area contributed by atoms with E-state index in [1.165, 1.54) is 24.5 Å². The van der Waals surface area contributed by atoms with Crippen molar-refractivity contribution < 1.29 is 12.8 Å². The SMILES string of the molecule is Nc1ccc(F)cc1NS(=O)(=O)c1cc[nH]c1. The molecule has 0 amide bonds. The molecule has 2 aromatic rings. The Balaban J connectivity index is 2.36. The zero-order valence-corrected chi connectivity index (χ0v) is 9.46. The standard InChI is InChI=1S/C10H10FN3O2S/c11-7-1-2-9(12)10(5-7)14-17(15,16)8-3-4-13-6-8/h1-6,13-14H,12H2. The number of nitrogens with one attached hydrogen (secondary N) is 2. The predicted molar refractivity (Wildman–Crippen MR) is 62.4 cm³/mol. The smallest absolute Gasteiger partial charge is 0.263 e. The summed E-state index contributed by atoms with van der Waals surface area (Å²) in [5.74, 6) is -0.564. The van der Waals surface area contributed by atoms with Crippen molar-refractivity contribution >= 4 is 21.4 Å². The second kappa shape index (κ2) is 4.10. The number of anilines is 2. The van der Waals surface area contributed by atoms with Gasteiger partial charge in [0.25, 0.3) is 10.0 Å². The van der Waals surface area contributed by atoms with Crippen molar-refractivity contribution in [3.8, 4) is 0 Å². The molecule has 0 radical (unpaired) electrons. The Hall–Kier alpha value is -2.02. The highest BCUT2D eigenvalue weighted by Gasteiger charge is 2.15. The molecule has 0 aliphatic heterocycles. The molecule has 2 rings (SSSR count). The van der Waals surface area contributed by atoms with Crippen LogP contribution in [0.4, 0.5) is 15.8 Å². The minimum absolute atomic E-state index is 0.0196. The number of rotatable bonds is 3. The van der Waals surface area contributed by atoms with Crippen molar-refractivity contribution in [3.63, 3.8) is 0 Å². The fraction of sp³-hybridized carbons (Fsp3) is 0.